The molecular formula is C34H47F3O10. The van der Waals surface area contributed by atoms with Crippen molar-refractivity contribution in [2.75, 3.05) is 13.2 Å². The summed E-state index contributed by atoms with van der Waals surface area (Å²) in [6.45, 7) is 9.67. The standard InChI is InChI=1S/C34H47F3O10/c1-18-8-10-23(32-17-41-30(4,44-46-32)14-12-21(18)32)20(3)28(39)40-16-6-7-25(38)26-24-11-9-19(2)22-13-15-31(5)43-29(33(22,24)47-45-31)42-27(26)34(35,36)37/h18-25,28-29,38-39H,8-17H2,1-5H3. The maximum Gasteiger partial charge on any atom is 0.449 e. The summed E-state index contributed by atoms with van der Waals surface area (Å²) in [7, 11) is 0. The summed E-state index contributed by atoms with van der Waals surface area (Å²) < 4.78 is 66.9. The van der Waals surface area contributed by atoms with Gasteiger partial charge in [0, 0.05) is 42.1 Å². The Morgan fingerprint density at radius 3 is 2.32 bits per heavy atom. The number of aliphatic hydroxyl groups excluding tert-OH is 2. The zero-order chi connectivity index (χ0) is 33.6. The zero-order valence-corrected chi connectivity index (χ0v) is 27.6. The van der Waals surface area contributed by atoms with Crippen molar-refractivity contribution >= 4 is 0 Å². The minimum atomic E-state index is -4.91. The van der Waals surface area contributed by atoms with Crippen LogP contribution in [0.2, 0.25) is 0 Å². The Morgan fingerprint density at radius 2 is 1.60 bits per heavy atom. The van der Waals surface area contributed by atoms with Crippen molar-refractivity contribution in [2.45, 2.75) is 134 Å². The molecule has 0 aromatic carbocycles. The van der Waals surface area contributed by atoms with Crippen molar-refractivity contribution in [3.8, 4) is 11.8 Å². The van der Waals surface area contributed by atoms with Crippen LogP contribution >= 0.6 is 0 Å². The van der Waals surface area contributed by atoms with Gasteiger partial charge in [-0.25, -0.2) is 19.6 Å². The summed E-state index contributed by atoms with van der Waals surface area (Å²) in [5.74, 6) is 0.904. The molecule has 0 radical (unpaired) electrons. The van der Waals surface area contributed by atoms with E-state index >= 15 is 0 Å². The number of halogens is 3. The largest absolute Gasteiger partial charge is 0.456 e. The molecule has 2 saturated carbocycles. The van der Waals surface area contributed by atoms with Crippen LogP contribution in [0.4, 0.5) is 13.2 Å². The van der Waals surface area contributed by atoms with Gasteiger partial charge in [0.25, 0.3) is 0 Å². The molecule has 2 aliphatic carbocycles. The molecule has 2 N–H and O–H groups in total. The lowest BCUT2D eigenvalue weighted by molar-refractivity contribution is -0.558. The van der Waals surface area contributed by atoms with Gasteiger partial charge in [-0.05, 0) is 70.1 Å². The van der Waals surface area contributed by atoms with Gasteiger partial charge in [0.2, 0.25) is 17.8 Å². The molecule has 264 valence electrons. The molecule has 0 aromatic rings. The molecule has 6 saturated heterocycles. The highest BCUT2D eigenvalue weighted by atomic mass is 19.4. The quantitative estimate of drug-likeness (QED) is 0.228. The van der Waals surface area contributed by atoms with Gasteiger partial charge >= 0.3 is 6.18 Å². The molecule has 7 heterocycles. The number of alkyl halides is 3. The second kappa shape index (κ2) is 11.8. The molecule has 4 bridgehead atoms. The van der Waals surface area contributed by atoms with E-state index in [2.05, 4.69) is 18.8 Å². The number of aliphatic hydroxyl groups is 2. The predicted octanol–water partition coefficient (Wildman–Crippen LogP) is 5.27. The number of fused-ring (bicyclic) bond motifs is 5. The zero-order valence-electron chi connectivity index (χ0n) is 27.6. The Morgan fingerprint density at radius 1 is 0.915 bits per heavy atom. The Bertz CT molecular complexity index is 1300. The average molecular weight is 673 g/mol. The summed E-state index contributed by atoms with van der Waals surface area (Å²) >= 11 is 0. The summed E-state index contributed by atoms with van der Waals surface area (Å²) in [5.41, 5.74) is -2.47. The number of hydrogen-bond acceptors (Lipinski definition) is 10. The van der Waals surface area contributed by atoms with Gasteiger partial charge in [-0.2, -0.15) is 13.2 Å². The number of hydrogen-bond donors (Lipinski definition) is 2. The number of ether oxygens (including phenoxy) is 4. The number of rotatable bonds is 5. The molecule has 2 spiro atoms. The van der Waals surface area contributed by atoms with Crippen molar-refractivity contribution in [3.05, 3.63) is 11.3 Å². The minimum absolute atomic E-state index is 0.112. The first-order valence-electron chi connectivity index (χ1n) is 17.1. The van der Waals surface area contributed by atoms with Crippen molar-refractivity contribution in [1.82, 2.24) is 0 Å². The lowest BCUT2D eigenvalue weighted by Gasteiger charge is -2.57. The third-order valence-corrected chi connectivity index (χ3v) is 12.5. The molecule has 9 aliphatic rings. The van der Waals surface area contributed by atoms with Gasteiger partial charge in [0.15, 0.2) is 17.7 Å². The Labute approximate surface area is 273 Å². The molecule has 10 nitrogen and oxygen atoms in total. The summed E-state index contributed by atoms with van der Waals surface area (Å²) in [6, 6.07) is 0. The first kappa shape index (κ1) is 34.0. The van der Waals surface area contributed by atoms with Crippen molar-refractivity contribution in [1.29, 1.82) is 0 Å². The van der Waals surface area contributed by atoms with Crippen LogP contribution in [0.3, 0.4) is 0 Å². The van der Waals surface area contributed by atoms with E-state index in [-0.39, 0.29) is 41.8 Å². The molecule has 0 amide bonds. The van der Waals surface area contributed by atoms with Crippen molar-refractivity contribution in [2.24, 2.45) is 41.4 Å². The van der Waals surface area contributed by atoms with E-state index in [1.165, 1.54) is 0 Å². The minimum Gasteiger partial charge on any atom is -0.456 e. The van der Waals surface area contributed by atoms with E-state index in [0.29, 0.717) is 44.6 Å². The highest BCUT2D eigenvalue weighted by Gasteiger charge is 2.71. The average Bonchev–Trinajstić information content (AvgIpc) is 3.41. The molecule has 9 rings (SSSR count). The Kier molecular flexibility index (Phi) is 8.54. The van der Waals surface area contributed by atoms with Crippen LogP contribution in [0.25, 0.3) is 0 Å². The van der Waals surface area contributed by atoms with Crippen LogP contribution in [0.1, 0.15) is 86.0 Å². The molecular weight excluding hydrogens is 625 g/mol. The van der Waals surface area contributed by atoms with Gasteiger partial charge in [0.1, 0.15) is 18.3 Å². The fourth-order valence-corrected chi connectivity index (χ4v) is 9.90. The van der Waals surface area contributed by atoms with E-state index in [9.17, 15) is 23.4 Å². The predicted molar refractivity (Wildman–Crippen MR) is 156 cm³/mol. The molecule has 0 aromatic heterocycles. The van der Waals surface area contributed by atoms with Gasteiger partial charge in [-0.3, -0.25) is 0 Å². The van der Waals surface area contributed by atoms with Gasteiger partial charge < -0.3 is 29.2 Å². The second-order valence-electron chi connectivity index (χ2n) is 15.4. The maximum absolute atomic E-state index is 14.5. The third-order valence-electron chi connectivity index (χ3n) is 12.5. The molecule has 14 unspecified atom stereocenters. The maximum atomic E-state index is 14.5. The summed E-state index contributed by atoms with van der Waals surface area (Å²) in [5, 5.41) is 22.4. The smallest absolute Gasteiger partial charge is 0.449 e. The van der Waals surface area contributed by atoms with Crippen LogP contribution in [-0.4, -0.2) is 71.1 Å². The number of allylic oxidation sites excluding steroid dienone is 1. The van der Waals surface area contributed by atoms with Crippen molar-refractivity contribution < 1.29 is 61.9 Å². The monoisotopic (exact) mass is 672 g/mol. The van der Waals surface area contributed by atoms with E-state index < -0.39 is 59.3 Å². The van der Waals surface area contributed by atoms with E-state index in [1.807, 2.05) is 20.8 Å². The third kappa shape index (κ3) is 5.45. The van der Waals surface area contributed by atoms with E-state index in [1.54, 1.807) is 6.92 Å². The van der Waals surface area contributed by atoms with Crippen LogP contribution in [-0.2, 0) is 38.5 Å². The van der Waals surface area contributed by atoms with Crippen LogP contribution < -0.4 is 0 Å². The summed E-state index contributed by atoms with van der Waals surface area (Å²) in [6.07, 6.45) is -4.02. The van der Waals surface area contributed by atoms with Crippen LogP contribution in [0, 0.1) is 53.3 Å². The topological polar surface area (TPSA) is 114 Å². The Balaban J connectivity index is 1.08. The molecule has 7 aliphatic heterocycles. The molecule has 47 heavy (non-hydrogen) atoms. The summed E-state index contributed by atoms with van der Waals surface area (Å²) in [4.78, 5) is 23.5. The van der Waals surface area contributed by atoms with E-state index in [4.69, 9.17) is 38.5 Å². The van der Waals surface area contributed by atoms with Crippen molar-refractivity contribution in [3.63, 3.8) is 0 Å². The van der Waals surface area contributed by atoms with Gasteiger partial charge in [0.05, 0.1) is 6.61 Å². The second-order valence-corrected chi connectivity index (χ2v) is 15.4. The first-order valence-corrected chi connectivity index (χ1v) is 17.1. The molecule has 13 heteroatoms. The highest BCUT2D eigenvalue weighted by Crippen LogP contribution is 2.62. The fourth-order valence-electron chi connectivity index (χ4n) is 9.90. The fraction of sp³-hybridized carbons (Fsp3) is 0.882. The van der Waals surface area contributed by atoms with Gasteiger partial charge in [-0.15, -0.1) is 0 Å². The normalized spacial score (nSPS) is 47.7. The molecule has 14 atom stereocenters. The van der Waals surface area contributed by atoms with Gasteiger partial charge in [-0.1, -0.05) is 32.6 Å². The SMILES string of the molecule is CC1CCC(C(C)C(O)OCC#CC(O)C2=C(C(F)(F)F)OC3OC4(C)CCC5C(C)CCC2C35OO4)C23COC(C)(CCC12)OO3. The van der Waals surface area contributed by atoms with E-state index in [0.717, 1.165) is 19.3 Å². The van der Waals surface area contributed by atoms with Crippen LogP contribution in [0.5, 0.6) is 0 Å². The van der Waals surface area contributed by atoms with Crippen LogP contribution in [0.15, 0.2) is 11.3 Å². The Hall–Kier alpha value is -1.47. The first-order chi connectivity index (χ1) is 22.1. The highest BCUT2D eigenvalue weighted by molar-refractivity contribution is 5.35. The molecule has 8 fully saturated rings. The lowest BCUT2D eigenvalue weighted by atomic mass is 9.59. The lowest BCUT2D eigenvalue weighted by Crippen LogP contribution is -2.68.